The van der Waals surface area contributed by atoms with Crippen molar-refractivity contribution in [1.82, 2.24) is 9.88 Å². The number of anilines is 1. The van der Waals surface area contributed by atoms with Crippen molar-refractivity contribution in [3.8, 4) is 0 Å². The van der Waals surface area contributed by atoms with Crippen molar-refractivity contribution in [3.63, 3.8) is 0 Å². The van der Waals surface area contributed by atoms with E-state index < -0.39 is 0 Å². The first-order valence-corrected chi connectivity index (χ1v) is 8.49. The lowest BCUT2D eigenvalue weighted by atomic mass is 9.94. The first-order valence-electron chi connectivity index (χ1n) is 8.49. The second-order valence-electron chi connectivity index (χ2n) is 6.39. The normalized spacial score (nSPS) is 17.9. The Hall–Kier alpha value is -2.60. The van der Waals surface area contributed by atoms with Crippen molar-refractivity contribution in [3.05, 3.63) is 64.6 Å². The van der Waals surface area contributed by atoms with Gasteiger partial charge in [-0.25, -0.2) is 4.79 Å². The lowest BCUT2D eigenvalue weighted by Gasteiger charge is -2.22. The van der Waals surface area contributed by atoms with Crippen LogP contribution in [0.5, 0.6) is 0 Å². The van der Waals surface area contributed by atoms with E-state index >= 15 is 0 Å². The van der Waals surface area contributed by atoms with Crippen LogP contribution in [-0.2, 0) is 11.8 Å². The maximum absolute atomic E-state index is 12.4. The average molecular weight is 341 g/mol. The molecule has 0 bridgehead atoms. The van der Waals surface area contributed by atoms with E-state index in [4.69, 9.17) is 4.74 Å². The minimum Gasteiger partial charge on any atom is -0.381 e. The fraction of sp³-hybridized carbons (Fsp3) is 0.368. The summed E-state index contributed by atoms with van der Waals surface area (Å²) < 4.78 is 6.89. The van der Waals surface area contributed by atoms with Crippen molar-refractivity contribution in [2.45, 2.75) is 18.9 Å². The molecule has 0 spiro atoms. The first-order chi connectivity index (χ1) is 12.1. The smallest absolute Gasteiger partial charge is 0.319 e. The SMILES string of the molecule is Cn1cc(NC(=O)N[C@H](C[C@H]2CCOC2)c2ccccc2)ccc1=O. The van der Waals surface area contributed by atoms with Gasteiger partial charge < -0.3 is 19.9 Å². The lowest BCUT2D eigenvalue weighted by Crippen LogP contribution is -2.34. The second-order valence-corrected chi connectivity index (χ2v) is 6.39. The standard InChI is InChI=1S/C19H23N3O3/c1-22-12-16(7-8-18(22)23)20-19(24)21-17(11-14-9-10-25-13-14)15-5-3-2-4-6-15/h2-8,12,14,17H,9-11,13H2,1H3,(H2,20,21,24)/t14-,17-/m1/s1. The molecule has 2 atom stereocenters. The van der Waals surface area contributed by atoms with E-state index in [1.54, 1.807) is 19.3 Å². The molecule has 25 heavy (non-hydrogen) atoms. The Morgan fingerprint density at radius 3 is 2.76 bits per heavy atom. The van der Waals surface area contributed by atoms with Crippen LogP contribution in [0.15, 0.2) is 53.5 Å². The highest BCUT2D eigenvalue weighted by Gasteiger charge is 2.23. The van der Waals surface area contributed by atoms with Crippen LogP contribution in [0.4, 0.5) is 10.5 Å². The number of urea groups is 1. The number of pyridine rings is 1. The van der Waals surface area contributed by atoms with Crippen molar-refractivity contribution >= 4 is 11.7 Å². The molecule has 1 aromatic heterocycles. The third-order valence-electron chi connectivity index (χ3n) is 4.44. The van der Waals surface area contributed by atoms with Crippen LogP contribution in [0.1, 0.15) is 24.4 Å². The zero-order chi connectivity index (χ0) is 17.6. The van der Waals surface area contributed by atoms with Gasteiger partial charge in [-0.1, -0.05) is 30.3 Å². The van der Waals surface area contributed by atoms with E-state index in [0.29, 0.717) is 11.6 Å². The first kappa shape index (κ1) is 17.2. The molecule has 1 aromatic carbocycles. The van der Waals surface area contributed by atoms with Crippen LogP contribution in [-0.4, -0.2) is 23.8 Å². The van der Waals surface area contributed by atoms with Gasteiger partial charge in [0.15, 0.2) is 0 Å². The van der Waals surface area contributed by atoms with Crippen LogP contribution >= 0.6 is 0 Å². The topological polar surface area (TPSA) is 72.4 Å². The number of hydrogen-bond acceptors (Lipinski definition) is 3. The number of hydrogen-bond donors (Lipinski definition) is 2. The number of nitrogens with zero attached hydrogens (tertiary/aromatic N) is 1. The minimum atomic E-state index is -0.286. The largest absolute Gasteiger partial charge is 0.381 e. The minimum absolute atomic E-state index is 0.0829. The highest BCUT2D eigenvalue weighted by Crippen LogP contribution is 2.26. The fourth-order valence-electron chi connectivity index (χ4n) is 3.06. The Morgan fingerprint density at radius 1 is 1.28 bits per heavy atom. The number of carbonyl (C=O) groups is 1. The molecule has 1 fully saturated rings. The van der Waals surface area contributed by atoms with E-state index in [0.717, 1.165) is 31.6 Å². The van der Waals surface area contributed by atoms with Crippen molar-refractivity contribution < 1.29 is 9.53 Å². The lowest BCUT2D eigenvalue weighted by molar-refractivity contribution is 0.181. The van der Waals surface area contributed by atoms with E-state index in [1.165, 1.54) is 10.6 Å². The van der Waals surface area contributed by atoms with Gasteiger partial charge >= 0.3 is 6.03 Å². The molecule has 6 heteroatoms. The predicted molar refractivity (Wildman–Crippen MR) is 96.6 cm³/mol. The molecular formula is C19H23N3O3. The van der Waals surface area contributed by atoms with Crippen molar-refractivity contribution in [2.75, 3.05) is 18.5 Å². The summed E-state index contributed by atoms with van der Waals surface area (Å²) in [5.41, 5.74) is 1.54. The third-order valence-corrected chi connectivity index (χ3v) is 4.44. The van der Waals surface area contributed by atoms with Gasteiger partial charge in [0.1, 0.15) is 0 Å². The summed E-state index contributed by atoms with van der Waals surface area (Å²) in [5.74, 6) is 0.447. The quantitative estimate of drug-likeness (QED) is 0.878. The van der Waals surface area contributed by atoms with Crippen molar-refractivity contribution in [2.24, 2.45) is 13.0 Å². The summed E-state index contributed by atoms with van der Waals surface area (Å²) in [7, 11) is 1.65. The average Bonchev–Trinajstić information content (AvgIpc) is 3.11. The number of carbonyl (C=O) groups excluding carboxylic acids is 1. The van der Waals surface area contributed by atoms with Gasteiger partial charge in [0.25, 0.3) is 0 Å². The number of amides is 2. The van der Waals surface area contributed by atoms with E-state index in [9.17, 15) is 9.59 Å². The molecule has 132 valence electrons. The molecule has 3 rings (SSSR count). The Balaban J connectivity index is 1.68. The molecule has 6 nitrogen and oxygen atoms in total. The number of aromatic nitrogens is 1. The highest BCUT2D eigenvalue weighted by atomic mass is 16.5. The van der Waals surface area contributed by atoms with Gasteiger partial charge in [-0.2, -0.15) is 0 Å². The van der Waals surface area contributed by atoms with Crippen LogP contribution in [0, 0.1) is 5.92 Å². The predicted octanol–water partition coefficient (Wildman–Crippen LogP) is 2.67. The molecule has 0 aliphatic carbocycles. The molecule has 1 aliphatic rings. The fourth-order valence-corrected chi connectivity index (χ4v) is 3.06. The number of rotatable bonds is 5. The summed E-state index contributed by atoms with van der Waals surface area (Å²) in [6.07, 6.45) is 3.46. The van der Waals surface area contributed by atoms with Crippen LogP contribution in [0.2, 0.25) is 0 Å². The van der Waals surface area contributed by atoms with Gasteiger partial charge in [-0.15, -0.1) is 0 Å². The van der Waals surface area contributed by atoms with Gasteiger partial charge in [0.05, 0.1) is 11.7 Å². The molecular weight excluding hydrogens is 318 g/mol. The van der Waals surface area contributed by atoms with Crippen LogP contribution in [0.25, 0.3) is 0 Å². The number of aryl methyl sites for hydroxylation is 1. The van der Waals surface area contributed by atoms with Crippen LogP contribution in [0.3, 0.4) is 0 Å². The maximum Gasteiger partial charge on any atom is 0.319 e. The van der Waals surface area contributed by atoms with E-state index in [-0.39, 0.29) is 17.6 Å². The Morgan fingerprint density at radius 2 is 2.08 bits per heavy atom. The summed E-state index contributed by atoms with van der Waals surface area (Å²) in [6, 6.07) is 12.6. The monoisotopic (exact) mass is 341 g/mol. The van der Waals surface area contributed by atoms with Gasteiger partial charge in [0, 0.05) is 32.5 Å². The zero-order valence-electron chi connectivity index (χ0n) is 14.3. The van der Waals surface area contributed by atoms with E-state index in [1.807, 2.05) is 30.3 Å². The summed E-state index contributed by atoms with van der Waals surface area (Å²) in [4.78, 5) is 23.9. The molecule has 1 saturated heterocycles. The van der Waals surface area contributed by atoms with Gasteiger partial charge in [-0.05, 0) is 30.4 Å². The highest BCUT2D eigenvalue weighted by molar-refractivity contribution is 5.89. The molecule has 0 radical (unpaired) electrons. The Bertz CT molecular complexity index is 767. The Kier molecular flexibility index (Phi) is 5.50. The molecule has 0 saturated carbocycles. The molecule has 2 aromatic rings. The van der Waals surface area contributed by atoms with Gasteiger partial charge in [0.2, 0.25) is 5.56 Å². The number of benzene rings is 1. The summed E-state index contributed by atoms with van der Waals surface area (Å²) >= 11 is 0. The second kappa shape index (κ2) is 7.98. The Labute approximate surface area is 146 Å². The zero-order valence-corrected chi connectivity index (χ0v) is 14.3. The van der Waals surface area contributed by atoms with Crippen LogP contribution < -0.4 is 16.2 Å². The van der Waals surface area contributed by atoms with Gasteiger partial charge in [-0.3, -0.25) is 4.79 Å². The third kappa shape index (κ3) is 4.70. The molecule has 2 N–H and O–H groups in total. The molecule has 0 unspecified atom stereocenters. The molecule has 2 amide bonds. The van der Waals surface area contributed by atoms with Crippen molar-refractivity contribution in [1.29, 1.82) is 0 Å². The number of ether oxygens (including phenoxy) is 1. The molecule has 2 heterocycles. The molecule has 1 aliphatic heterocycles. The number of nitrogens with one attached hydrogen (secondary N) is 2. The van der Waals surface area contributed by atoms with E-state index in [2.05, 4.69) is 10.6 Å². The summed E-state index contributed by atoms with van der Waals surface area (Å²) in [6.45, 7) is 1.53. The summed E-state index contributed by atoms with van der Waals surface area (Å²) in [5, 5.41) is 5.84. The maximum atomic E-state index is 12.4.